The highest BCUT2D eigenvalue weighted by Crippen LogP contribution is 2.29. The van der Waals surface area contributed by atoms with Gasteiger partial charge >= 0.3 is 5.97 Å². The van der Waals surface area contributed by atoms with E-state index < -0.39 is 12.6 Å². The number of halogens is 1. The minimum Gasteiger partial charge on any atom is -0.450 e. The topological polar surface area (TPSA) is 59.8 Å². The average molecular weight is 401 g/mol. The Balaban J connectivity index is 1.64. The van der Waals surface area contributed by atoms with Gasteiger partial charge in [-0.15, -0.1) is 0 Å². The van der Waals surface area contributed by atoms with E-state index in [9.17, 15) is 14.0 Å². The maximum absolute atomic E-state index is 13.0. The Bertz CT molecular complexity index is 984. The molecule has 0 spiro atoms. The Labute approximate surface area is 166 Å². The predicted octanol–water partition coefficient (Wildman–Crippen LogP) is 4.25. The van der Waals surface area contributed by atoms with Crippen molar-refractivity contribution in [1.29, 1.82) is 0 Å². The van der Waals surface area contributed by atoms with Crippen molar-refractivity contribution in [3.8, 4) is 0 Å². The third-order valence-electron chi connectivity index (χ3n) is 4.26. The van der Waals surface area contributed by atoms with E-state index in [2.05, 4.69) is 0 Å². The van der Waals surface area contributed by atoms with Crippen molar-refractivity contribution in [3.05, 3.63) is 71.2 Å². The first-order valence-corrected chi connectivity index (χ1v) is 10.0. The van der Waals surface area contributed by atoms with Crippen molar-refractivity contribution < 1.29 is 23.1 Å². The standard InChI is InChI=1S/C21H20FNO4S/c1-23(11-14-7-9-15(22)10-8-14)19(24)12-26-21(25)20-17(13-28-2)16-5-3-4-6-18(16)27-20/h3-10H,11-13H2,1-2H3. The molecule has 1 heterocycles. The highest BCUT2D eigenvalue weighted by atomic mass is 32.2. The Morgan fingerprint density at radius 3 is 2.57 bits per heavy atom. The highest BCUT2D eigenvalue weighted by Gasteiger charge is 2.22. The highest BCUT2D eigenvalue weighted by molar-refractivity contribution is 7.97. The molecule has 7 heteroatoms. The van der Waals surface area contributed by atoms with E-state index in [0.717, 1.165) is 16.5 Å². The van der Waals surface area contributed by atoms with E-state index in [0.29, 0.717) is 17.9 Å². The van der Waals surface area contributed by atoms with E-state index in [4.69, 9.17) is 9.15 Å². The molecule has 0 saturated heterocycles. The minimum absolute atomic E-state index is 0.129. The normalized spacial score (nSPS) is 10.8. The first-order chi connectivity index (χ1) is 13.5. The second-order valence-electron chi connectivity index (χ2n) is 6.29. The molecule has 0 fully saturated rings. The Morgan fingerprint density at radius 1 is 1.14 bits per heavy atom. The van der Waals surface area contributed by atoms with Crippen LogP contribution in [-0.2, 0) is 21.8 Å². The van der Waals surface area contributed by atoms with Crippen LogP contribution in [-0.4, -0.2) is 36.7 Å². The summed E-state index contributed by atoms with van der Waals surface area (Å²) in [5.74, 6) is -0.632. The van der Waals surface area contributed by atoms with E-state index in [-0.39, 0.29) is 17.5 Å². The second-order valence-corrected chi connectivity index (χ2v) is 7.16. The molecule has 0 aliphatic rings. The number of fused-ring (bicyclic) bond motifs is 1. The summed E-state index contributed by atoms with van der Waals surface area (Å²) in [5, 5.41) is 0.864. The van der Waals surface area contributed by atoms with Crippen molar-refractivity contribution in [3.63, 3.8) is 0 Å². The molecule has 0 bridgehead atoms. The number of carbonyl (C=O) groups excluding carboxylic acids is 2. The fourth-order valence-electron chi connectivity index (χ4n) is 2.81. The van der Waals surface area contributed by atoms with Gasteiger partial charge in [-0.1, -0.05) is 30.3 Å². The van der Waals surface area contributed by atoms with Crippen LogP contribution < -0.4 is 0 Å². The van der Waals surface area contributed by atoms with Gasteiger partial charge in [-0.25, -0.2) is 9.18 Å². The fraction of sp³-hybridized carbons (Fsp3) is 0.238. The molecule has 0 saturated carbocycles. The molecule has 5 nitrogen and oxygen atoms in total. The van der Waals surface area contributed by atoms with Crippen LogP contribution in [0, 0.1) is 5.82 Å². The number of benzene rings is 2. The fourth-order valence-corrected chi connectivity index (χ4v) is 3.38. The summed E-state index contributed by atoms with van der Waals surface area (Å²) in [6, 6.07) is 13.3. The molecule has 1 aromatic heterocycles. The second kappa shape index (κ2) is 8.93. The van der Waals surface area contributed by atoms with E-state index in [1.807, 2.05) is 24.5 Å². The van der Waals surface area contributed by atoms with Crippen LogP contribution in [0.3, 0.4) is 0 Å². The zero-order valence-electron chi connectivity index (χ0n) is 15.6. The SMILES string of the molecule is CSCc1c(C(=O)OCC(=O)N(C)Cc2ccc(F)cc2)oc2ccccc12. The van der Waals surface area contributed by atoms with E-state index >= 15 is 0 Å². The first-order valence-electron chi connectivity index (χ1n) is 8.64. The van der Waals surface area contributed by atoms with Crippen molar-refractivity contribution in [2.75, 3.05) is 19.9 Å². The molecule has 146 valence electrons. The van der Waals surface area contributed by atoms with Gasteiger partial charge in [-0.05, 0) is 30.0 Å². The van der Waals surface area contributed by atoms with Gasteiger partial charge in [0.15, 0.2) is 6.61 Å². The lowest BCUT2D eigenvalue weighted by molar-refractivity contribution is -0.133. The van der Waals surface area contributed by atoms with Crippen LogP contribution in [0.1, 0.15) is 21.7 Å². The summed E-state index contributed by atoms with van der Waals surface area (Å²) >= 11 is 1.57. The molecular weight excluding hydrogens is 381 g/mol. The largest absolute Gasteiger partial charge is 0.450 e. The molecular formula is C21H20FNO4S. The number of hydrogen-bond donors (Lipinski definition) is 0. The molecule has 0 radical (unpaired) electrons. The number of thioether (sulfide) groups is 1. The predicted molar refractivity (Wildman–Crippen MR) is 107 cm³/mol. The number of furan rings is 1. The number of amides is 1. The first kappa shape index (κ1) is 19.9. The lowest BCUT2D eigenvalue weighted by atomic mass is 10.1. The third-order valence-corrected chi connectivity index (χ3v) is 4.84. The summed E-state index contributed by atoms with van der Waals surface area (Å²) in [7, 11) is 1.60. The number of ether oxygens (including phenoxy) is 1. The van der Waals surface area contributed by atoms with Crippen LogP contribution in [0.4, 0.5) is 4.39 Å². The van der Waals surface area contributed by atoms with Gasteiger partial charge in [0.2, 0.25) is 5.76 Å². The van der Waals surface area contributed by atoms with Gasteiger partial charge in [0.05, 0.1) is 0 Å². The van der Waals surface area contributed by atoms with Gasteiger partial charge in [-0.2, -0.15) is 11.8 Å². The zero-order valence-corrected chi connectivity index (χ0v) is 16.4. The maximum Gasteiger partial charge on any atom is 0.375 e. The molecule has 28 heavy (non-hydrogen) atoms. The lowest BCUT2D eigenvalue weighted by Gasteiger charge is -2.17. The molecule has 3 rings (SSSR count). The van der Waals surface area contributed by atoms with Crippen LogP contribution >= 0.6 is 11.8 Å². The molecule has 0 N–H and O–H groups in total. The maximum atomic E-state index is 13.0. The van der Waals surface area contributed by atoms with Gasteiger partial charge in [0, 0.05) is 30.3 Å². The molecule has 0 atom stereocenters. The Kier molecular flexibility index (Phi) is 6.36. The van der Waals surface area contributed by atoms with E-state index in [1.165, 1.54) is 17.0 Å². The van der Waals surface area contributed by atoms with Crippen molar-refractivity contribution in [1.82, 2.24) is 4.90 Å². The number of hydrogen-bond acceptors (Lipinski definition) is 5. The molecule has 3 aromatic rings. The van der Waals surface area contributed by atoms with Crippen molar-refractivity contribution in [2.24, 2.45) is 0 Å². The lowest BCUT2D eigenvalue weighted by Crippen LogP contribution is -2.30. The summed E-state index contributed by atoms with van der Waals surface area (Å²) < 4.78 is 23.8. The molecule has 0 aliphatic carbocycles. The zero-order chi connectivity index (χ0) is 20.1. The summed E-state index contributed by atoms with van der Waals surface area (Å²) in [4.78, 5) is 26.2. The summed E-state index contributed by atoms with van der Waals surface area (Å²) in [6.07, 6.45) is 1.94. The number of esters is 1. The molecule has 0 unspecified atom stereocenters. The van der Waals surface area contributed by atoms with Gasteiger partial charge in [-0.3, -0.25) is 4.79 Å². The monoisotopic (exact) mass is 401 g/mol. The Morgan fingerprint density at radius 2 is 1.86 bits per heavy atom. The quantitative estimate of drug-likeness (QED) is 0.554. The summed E-state index contributed by atoms with van der Waals surface area (Å²) in [6.45, 7) is -0.106. The molecule has 1 amide bonds. The van der Waals surface area contributed by atoms with Gasteiger partial charge < -0.3 is 14.1 Å². The van der Waals surface area contributed by atoms with Crippen LogP contribution in [0.25, 0.3) is 11.0 Å². The van der Waals surface area contributed by atoms with Crippen LogP contribution in [0.2, 0.25) is 0 Å². The minimum atomic E-state index is -0.663. The number of nitrogens with zero attached hydrogens (tertiary/aromatic N) is 1. The number of para-hydroxylation sites is 1. The summed E-state index contributed by atoms with van der Waals surface area (Å²) in [5.41, 5.74) is 2.15. The van der Waals surface area contributed by atoms with Crippen molar-refractivity contribution >= 4 is 34.6 Å². The number of rotatable bonds is 7. The third kappa shape index (κ3) is 4.54. The van der Waals surface area contributed by atoms with Crippen LogP contribution in [0.5, 0.6) is 0 Å². The molecule has 2 aromatic carbocycles. The van der Waals surface area contributed by atoms with Crippen molar-refractivity contribution in [2.45, 2.75) is 12.3 Å². The number of carbonyl (C=O) groups is 2. The smallest absolute Gasteiger partial charge is 0.375 e. The van der Waals surface area contributed by atoms with Crippen LogP contribution in [0.15, 0.2) is 52.9 Å². The Hall–Kier alpha value is -2.80. The molecule has 0 aliphatic heterocycles. The number of likely N-dealkylation sites (N-methyl/N-ethyl adjacent to an activating group) is 1. The van der Waals surface area contributed by atoms with E-state index in [1.54, 1.807) is 37.0 Å². The average Bonchev–Trinajstić information content (AvgIpc) is 3.06. The van der Waals surface area contributed by atoms with Gasteiger partial charge in [0.1, 0.15) is 11.4 Å². The van der Waals surface area contributed by atoms with Gasteiger partial charge in [0.25, 0.3) is 5.91 Å².